The normalized spacial score (nSPS) is 14.0. The zero-order chi connectivity index (χ0) is 22.1. The van der Waals surface area contributed by atoms with Gasteiger partial charge in [-0.15, -0.1) is 5.10 Å². The van der Waals surface area contributed by atoms with Crippen molar-refractivity contribution >= 4 is 28.8 Å². The standard InChI is InChI=1S/C21H23N9O2/c1-13-24-15(11-16(22)25-13)20-21(26-14-3-6-19(31-2)23-12-14)27-17-4-5-18(28-30(17)20)29-7-9-32-10-8-29/h3-6,11-12,26H,7-10H2,1-2H3,(H2,22,24,25). The van der Waals surface area contributed by atoms with E-state index in [0.717, 1.165) is 24.6 Å². The van der Waals surface area contributed by atoms with Gasteiger partial charge in [0.05, 0.1) is 37.9 Å². The Hall–Kier alpha value is -3.99. The maximum Gasteiger partial charge on any atom is 0.213 e. The molecule has 164 valence electrons. The summed E-state index contributed by atoms with van der Waals surface area (Å²) in [6.45, 7) is 4.72. The minimum absolute atomic E-state index is 0.379. The second-order valence-electron chi connectivity index (χ2n) is 7.31. The van der Waals surface area contributed by atoms with Crippen LogP contribution in [0.15, 0.2) is 36.5 Å². The molecule has 32 heavy (non-hydrogen) atoms. The topological polar surface area (TPSA) is 129 Å². The number of nitrogens with zero attached hydrogens (tertiary/aromatic N) is 7. The maximum absolute atomic E-state index is 6.02. The SMILES string of the molecule is COc1ccc(Nc2nc3ccc(N4CCOCC4)nn3c2-c2cc(N)nc(C)n2)cn1. The first-order valence-corrected chi connectivity index (χ1v) is 10.2. The number of aryl methyl sites for hydroxylation is 1. The predicted molar refractivity (Wildman–Crippen MR) is 120 cm³/mol. The second-order valence-corrected chi connectivity index (χ2v) is 7.31. The smallest absolute Gasteiger partial charge is 0.213 e. The molecule has 4 aromatic heterocycles. The van der Waals surface area contributed by atoms with Crippen LogP contribution < -0.4 is 20.7 Å². The number of aromatic nitrogens is 6. The van der Waals surface area contributed by atoms with Gasteiger partial charge in [0.1, 0.15) is 23.2 Å². The summed E-state index contributed by atoms with van der Waals surface area (Å²) in [5.41, 5.74) is 8.76. The molecule has 0 bridgehead atoms. The van der Waals surface area contributed by atoms with Crippen LogP contribution in [-0.2, 0) is 4.74 Å². The number of pyridine rings is 1. The minimum Gasteiger partial charge on any atom is -0.481 e. The molecule has 0 amide bonds. The molecular weight excluding hydrogens is 410 g/mol. The highest BCUT2D eigenvalue weighted by Crippen LogP contribution is 2.31. The fourth-order valence-electron chi connectivity index (χ4n) is 3.63. The summed E-state index contributed by atoms with van der Waals surface area (Å²) in [5, 5.41) is 8.20. The van der Waals surface area contributed by atoms with E-state index in [-0.39, 0.29) is 0 Å². The van der Waals surface area contributed by atoms with E-state index in [2.05, 4.69) is 25.2 Å². The molecule has 11 heteroatoms. The molecule has 0 atom stereocenters. The Kier molecular flexibility index (Phi) is 5.15. The number of nitrogens with two attached hydrogens (primary N) is 1. The highest BCUT2D eigenvalue weighted by atomic mass is 16.5. The third-order valence-electron chi connectivity index (χ3n) is 5.11. The van der Waals surface area contributed by atoms with Gasteiger partial charge in [-0.3, -0.25) is 0 Å². The minimum atomic E-state index is 0.379. The van der Waals surface area contributed by atoms with E-state index in [1.165, 1.54) is 0 Å². The molecule has 0 saturated carbocycles. The van der Waals surface area contributed by atoms with Crippen molar-refractivity contribution in [3.63, 3.8) is 0 Å². The Morgan fingerprint density at radius 2 is 1.94 bits per heavy atom. The van der Waals surface area contributed by atoms with Crippen molar-refractivity contribution in [1.29, 1.82) is 0 Å². The molecule has 11 nitrogen and oxygen atoms in total. The molecule has 0 spiro atoms. The number of nitrogen functional groups attached to an aromatic ring is 1. The quantitative estimate of drug-likeness (QED) is 0.482. The summed E-state index contributed by atoms with van der Waals surface area (Å²) in [4.78, 5) is 20.0. The van der Waals surface area contributed by atoms with Gasteiger partial charge < -0.3 is 25.4 Å². The van der Waals surface area contributed by atoms with Gasteiger partial charge in [-0.05, 0) is 25.1 Å². The zero-order valence-corrected chi connectivity index (χ0v) is 17.8. The van der Waals surface area contributed by atoms with Crippen LogP contribution in [0.4, 0.5) is 23.1 Å². The molecule has 1 aliphatic rings. The lowest BCUT2D eigenvalue weighted by atomic mass is 10.2. The van der Waals surface area contributed by atoms with Crippen LogP contribution in [0.1, 0.15) is 5.82 Å². The summed E-state index contributed by atoms with van der Waals surface area (Å²) in [7, 11) is 1.58. The van der Waals surface area contributed by atoms with Crippen molar-refractivity contribution in [1.82, 2.24) is 29.5 Å². The summed E-state index contributed by atoms with van der Waals surface area (Å²) < 4.78 is 12.4. The van der Waals surface area contributed by atoms with Gasteiger partial charge in [-0.1, -0.05) is 0 Å². The van der Waals surface area contributed by atoms with Crippen molar-refractivity contribution in [3.8, 4) is 17.3 Å². The molecule has 1 aliphatic heterocycles. The van der Waals surface area contributed by atoms with E-state index in [1.54, 1.807) is 36.9 Å². The van der Waals surface area contributed by atoms with Crippen molar-refractivity contribution < 1.29 is 9.47 Å². The maximum atomic E-state index is 6.02. The first kappa shape index (κ1) is 19.9. The molecule has 5 rings (SSSR count). The van der Waals surface area contributed by atoms with Gasteiger partial charge in [0.25, 0.3) is 0 Å². The molecule has 0 aliphatic carbocycles. The number of methoxy groups -OCH3 is 1. The van der Waals surface area contributed by atoms with Crippen LogP contribution in [0.2, 0.25) is 0 Å². The van der Waals surface area contributed by atoms with Gasteiger partial charge in [0.2, 0.25) is 5.88 Å². The van der Waals surface area contributed by atoms with Gasteiger partial charge in [-0.25, -0.2) is 24.5 Å². The molecular formula is C21H23N9O2. The number of hydrogen-bond acceptors (Lipinski definition) is 10. The van der Waals surface area contributed by atoms with E-state index >= 15 is 0 Å². The Labute approximate surface area is 184 Å². The molecule has 0 unspecified atom stereocenters. The van der Waals surface area contributed by atoms with Crippen molar-refractivity contribution in [2.45, 2.75) is 6.92 Å². The monoisotopic (exact) mass is 433 g/mol. The van der Waals surface area contributed by atoms with E-state index < -0.39 is 0 Å². The second kappa shape index (κ2) is 8.27. The summed E-state index contributed by atoms with van der Waals surface area (Å²) in [6.07, 6.45) is 1.68. The van der Waals surface area contributed by atoms with Crippen molar-refractivity contribution in [3.05, 3.63) is 42.4 Å². The molecule has 5 heterocycles. The lowest BCUT2D eigenvalue weighted by molar-refractivity contribution is 0.122. The largest absolute Gasteiger partial charge is 0.481 e. The van der Waals surface area contributed by atoms with Gasteiger partial charge in [0, 0.05) is 25.2 Å². The Morgan fingerprint density at radius 1 is 1.09 bits per heavy atom. The van der Waals surface area contributed by atoms with Crippen LogP contribution in [0.3, 0.4) is 0 Å². The number of imidazole rings is 1. The van der Waals surface area contributed by atoms with Crippen molar-refractivity contribution in [2.24, 2.45) is 0 Å². The zero-order valence-electron chi connectivity index (χ0n) is 17.8. The molecule has 0 radical (unpaired) electrons. The number of nitrogens with one attached hydrogen (secondary N) is 1. The van der Waals surface area contributed by atoms with Crippen molar-refractivity contribution in [2.75, 3.05) is 49.4 Å². The number of fused-ring (bicyclic) bond motifs is 1. The predicted octanol–water partition coefficient (Wildman–Crippen LogP) is 2.06. The average Bonchev–Trinajstić information content (AvgIpc) is 3.16. The lowest BCUT2D eigenvalue weighted by Gasteiger charge is -2.27. The van der Waals surface area contributed by atoms with Gasteiger partial charge in [-0.2, -0.15) is 0 Å². The highest BCUT2D eigenvalue weighted by Gasteiger charge is 2.20. The molecule has 1 saturated heterocycles. The molecule has 4 aromatic rings. The van der Waals surface area contributed by atoms with Crippen LogP contribution in [0.5, 0.6) is 5.88 Å². The summed E-state index contributed by atoms with van der Waals surface area (Å²) in [6, 6.07) is 9.27. The van der Waals surface area contributed by atoms with E-state index in [4.69, 9.17) is 25.3 Å². The number of rotatable bonds is 5. The Balaban J connectivity index is 1.64. The van der Waals surface area contributed by atoms with Crippen LogP contribution >= 0.6 is 0 Å². The fourth-order valence-corrected chi connectivity index (χ4v) is 3.63. The molecule has 3 N–H and O–H groups in total. The summed E-state index contributed by atoms with van der Waals surface area (Å²) in [5.74, 6) is 2.90. The lowest BCUT2D eigenvalue weighted by Crippen LogP contribution is -2.37. The number of ether oxygens (including phenoxy) is 2. The van der Waals surface area contributed by atoms with Gasteiger partial charge >= 0.3 is 0 Å². The average molecular weight is 433 g/mol. The number of anilines is 4. The summed E-state index contributed by atoms with van der Waals surface area (Å²) >= 11 is 0. The Bertz CT molecular complexity index is 1230. The molecule has 0 aromatic carbocycles. The first-order chi connectivity index (χ1) is 15.6. The Morgan fingerprint density at radius 3 is 2.66 bits per heavy atom. The first-order valence-electron chi connectivity index (χ1n) is 10.2. The highest BCUT2D eigenvalue weighted by molar-refractivity contribution is 5.78. The molecule has 1 fully saturated rings. The van der Waals surface area contributed by atoms with E-state index in [0.29, 0.717) is 53.6 Å². The van der Waals surface area contributed by atoms with Crippen LogP contribution in [0, 0.1) is 6.92 Å². The fraction of sp³-hybridized carbons (Fsp3) is 0.286. The third kappa shape index (κ3) is 3.85. The van der Waals surface area contributed by atoms with E-state index in [9.17, 15) is 0 Å². The van der Waals surface area contributed by atoms with E-state index in [1.807, 2.05) is 18.2 Å². The third-order valence-corrected chi connectivity index (χ3v) is 5.11. The number of morpholine rings is 1. The van der Waals surface area contributed by atoms with Gasteiger partial charge in [0.15, 0.2) is 11.5 Å². The number of hydrogen-bond donors (Lipinski definition) is 2. The van der Waals surface area contributed by atoms with Crippen LogP contribution in [-0.4, -0.2) is 63.0 Å². The van der Waals surface area contributed by atoms with Crippen LogP contribution in [0.25, 0.3) is 17.0 Å².